The summed E-state index contributed by atoms with van der Waals surface area (Å²) in [6, 6.07) is 19.2. The SMILES string of the molecule is COc1c(NC(=O)c2ccc(NC(=O)c3ccc(NC(=O)[C@H](Cc4cn[nH]n4)NC(=O)c4ccc(NC(=O)/C(C)=C/c5ccc(O)cc5)cc4)c(O)c3)c(OC)c2O)ccc(C(=O)O)c1O. The number of anilines is 4. The number of carboxylic acids is 1. The summed E-state index contributed by atoms with van der Waals surface area (Å²) in [6.07, 6.45) is 2.88. The van der Waals surface area contributed by atoms with E-state index in [1.165, 1.54) is 74.0 Å². The number of nitrogens with one attached hydrogen (secondary N) is 6. The summed E-state index contributed by atoms with van der Waals surface area (Å²) in [4.78, 5) is 77.7. The number of ether oxygens (including phenoxy) is 2. The molecule has 1 aromatic heterocycles. The van der Waals surface area contributed by atoms with E-state index in [0.717, 1.165) is 25.3 Å². The topological polar surface area (TPSA) is 324 Å². The van der Waals surface area contributed by atoms with Crippen LogP contribution < -0.4 is 36.1 Å². The normalized spacial score (nSPS) is 11.4. The fourth-order valence-electron chi connectivity index (χ4n) is 6.30. The van der Waals surface area contributed by atoms with Gasteiger partial charge in [0.15, 0.2) is 23.0 Å². The number of hydrogen-bond donors (Lipinski definition) is 11. The van der Waals surface area contributed by atoms with Crippen molar-refractivity contribution in [3.05, 3.63) is 136 Å². The highest BCUT2D eigenvalue weighted by atomic mass is 16.5. The molecule has 5 aromatic carbocycles. The van der Waals surface area contributed by atoms with E-state index in [-0.39, 0.29) is 57.4 Å². The molecule has 0 saturated heterocycles. The maximum absolute atomic E-state index is 13.6. The van der Waals surface area contributed by atoms with Gasteiger partial charge in [0, 0.05) is 28.8 Å². The number of aromatic carboxylic acids is 1. The second-order valence-electron chi connectivity index (χ2n) is 14.2. The van der Waals surface area contributed by atoms with E-state index < -0.39 is 64.4 Å². The number of rotatable bonds is 16. The molecule has 0 aliphatic rings. The van der Waals surface area contributed by atoms with Crippen LogP contribution in [0, 0.1) is 0 Å². The maximum atomic E-state index is 13.6. The predicted molar refractivity (Wildman–Crippen MR) is 237 cm³/mol. The van der Waals surface area contributed by atoms with E-state index in [9.17, 15) is 54.3 Å². The number of nitrogens with zero attached hydrogens (tertiary/aromatic N) is 2. The van der Waals surface area contributed by atoms with Gasteiger partial charge in [0.2, 0.25) is 5.91 Å². The number of carbonyl (C=O) groups excluding carboxylic acids is 5. The quantitative estimate of drug-likeness (QED) is 0.0456. The van der Waals surface area contributed by atoms with Crippen molar-refractivity contribution in [2.75, 3.05) is 35.5 Å². The fraction of sp³-hybridized carbons (Fsp3) is 0.111. The van der Waals surface area contributed by atoms with Crippen LogP contribution in [-0.2, 0) is 16.0 Å². The van der Waals surface area contributed by atoms with E-state index in [1.807, 2.05) is 0 Å². The minimum absolute atomic E-state index is 0.0884. The third kappa shape index (κ3) is 10.8. The average Bonchev–Trinajstić information content (AvgIpc) is 3.81. The zero-order valence-electron chi connectivity index (χ0n) is 35.0. The van der Waals surface area contributed by atoms with E-state index in [0.29, 0.717) is 22.5 Å². The van der Waals surface area contributed by atoms with Gasteiger partial charge in [-0.05, 0) is 97.4 Å². The molecule has 0 saturated carbocycles. The van der Waals surface area contributed by atoms with Gasteiger partial charge in [-0.1, -0.05) is 12.1 Å². The molecule has 0 bridgehead atoms. The highest BCUT2D eigenvalue weighted by Crippen LogP contribution is 2.41. The molecule has 0 unspecified atom stereocenters. The largest absolute Gasteiger partial charge is 0.508 e. The molecule has 338 valence electrons. The first-order valence-electron chi connectivity index (χ1n) is 19.4. The van der Waals surface area contributed by atoms with Crippen LogP contribution >= 0.6 is 0 Å². The van der Waals surface area contributed by atoms with E-state index >= 15 is 0 Å². The lowest BCUT2D eigenvalue weighted by Crippen LogP contribution is -2.45. The third-order valence-corrected chi connectivity index (χ3v) is 9.70. The number of aromatic nitrogens is 3. The third-order valence-electron chi connectivity index (χ3n) is 9.70. The summed E-state index contributed by atoms with van der Waals surface area (Å²) in [6.45, 7) is 1.62. The van der Waals surface area contributed by atoms with Gasteiger partial charge in [-0.25, -0.2) is 4.79 Å². The molecule has 0 aliphatic heterocycles. The molecule has 6 aromatic rings. The summed E-state index contributed by atoms with van der Waals surface area (Å²) in [7, 11) is 2.32. The van der Waals surface area contributed by atoms with Gasteiger partial charge < -0.3 is 61.6 Å². The molecule has 21 nitrogen and oxygen atoms in total. The highest BCUT2D eigenvalue weighted by molar-refractivity contribution is 6.11. The fourth-order valence-corrected chi connectivity index (χ4v) is 6.30. The lowest BCUT2D eigenvalue weighted by atomic mass is 10.1. The molecule has 1 atom stereocenters. The Bertz CT molecular complexity index is 2860. The lowest BCUT2D eigenvalue weighted by Gasteiger charge is -2.19. The first kappa shape index (κ1) is 46.1. The number of benzene rings is 5. The molecule has 6 rings (SSSR count). The molecule has 11 N–H and O–H groups in total. The van der Waals surface area contributed by atoms with Crippen LogP contribution in [0.2, 0.25) is 0 Å². The van der Waals surface area contributed by atoms with Crippen molar-refractivity contribution < 1.29 is 63.8 Å². The Balaban J connectivity index is 1.10. The Labute approximate surface area is 373 Å². The van der Waals surface area contributed by atoms with Crippen molar-refractivity contribution in [3.8, 4) is 34.5 Å². The summed E-state index contributed by atoms with van der Waals surface area (Å²) in [5, 5.41) is 74.0. The summed E-state index contributed by atoms with van der Waals surface area (Å²) in [5.74, 6) is -7.52. The van der Waals surface area contributed by atoms with Crippen LogP contribution in [0.5, 0.6) is 34.5 Å². The van der Waals surface area contributed by atoms with Crippen molar-refractivity contribution in [1.29, 1.82) is 0 Å². The van der Waals surface area contributed by atoms with Crippen LogP contribution in [0.25, 0.3) is 6.08 Å². The van der Waals surface area contributed by atoms with Gasteiger partial charge in [-0.3, -0.25) is 24.0 Å². The van der Waals surface area contributed by atoms with Crippen LogP contribution in [0.3, 0.4) is 0 Å². The molecule has 0 fully saturated rings. The predicted octanol–water partition coefficient (Wildman–Crippen LogP) is 4.87. The van der Waals surface area contributed by atoms with Crippen LogP contribution in [-0.4, -0.2) is 96.7 Å². The molecule has 21 heteroatoms. The Morgan fingerprint density at radius 3 is 1.86 bits per heavy atom. The van der Waals surface area contributed by atoms with Crippen molar-refractivity contribution in [1.82, 2.24) is 20.7 Å². The minimum atomic E-state index is -1.44. The molecule has 0 spiro atoms. The number of aromatic hydroxyl groups is 4. The van der Waals surface area contributed by atoms with Crippen LogP contribution in [0.1, 0.15) is 59.6 Å². The van der Waals surface area contributed by atoms with Crippen LogP contribution in [0.15, 0.2) is 103 Å². The highest BCUT2D eigenvalue weighted by Gasteiger charge is 2.26. The lowest BCUT2D eigenvalue weighted by molar-refractivity contribution is -0.118. The van der Waals surface area contributed by atoms with Crippen molar-refractivity contribution in [2.24, 2.45) is 0 Å². The zero-order chi connectivity index (χ0) is 47.7. The molecular formula is C45H40N8O13. The summed E-state index contributed by atoms with van der Waals surface area (Å²) in [5.41, 5.74) is 0.707. The number of carboxylic acid groups (broad SMARTS) is 1. The molecule has 1 heterocycles. The Morgan fingerprint density at radius 2 is 1.27 bits per heavy atom. The Morgan fingerprint density at radius 1 is 0.682 bits per heavy atom. The minimum Gasteiger partial charge on any atom is -0.508 e. The van der Waals surface area contributed by atoms with Gasteiger partial charge in [-0.2, -0.15) is 15.4 Å². The smallest absolute Gasteiger partial charge is 0.339 e. The summed E-state index contributed by atoms with van der Waals surface area (Å²) < 4.78 is 10.3. The maximum Gasteiger partial charge on any atom is 0.339 e. The van der Waals surface area contributed by atoms with Crippen molar-refractivity contribution in [3.63, 3.8) is 0 Å². The van der Waals surface area contributed by atoms with Crippen LogP contribution in [0.4, 0.5) is 22.7 Å². The van der Waals surface area contributed by atoms with E-state index in [2.05, 4.69) is 42.0 Å². The number of H-pyrrole nitrogens is 1. The Kier molecular flexibility index (Phi) is 14.1. The number of carbonyl (C=O) groups is 6. The number of amides is 5. The van der Waals surface area contributed by atoms with Crippen molar-refractivity contribution >= 4 is 64.3 Å². The number of aromatic amines is 1. The second-order valence-corrected chi connectivity index (χ2v) is 14.2. The number of hydrogen-bond acceptors (Lipinski definition) is 14. The molecule has 0 radical (unpaired) electrons. The van der Waals surface area contributed by atoms with E-state index in [1.54, 1.807) is 25.1 Å². The Hall–Kier alpha value is -9.40. The van der Waals surface area contributed by atoms with E-state index in [4.69, 9.17) is 9.47 Å². The van der Waals surface area contributed by atoms with Gasteiger partial charge in [-0.15, -0.1) is 0 Å². The molecular weight excluding hydrogens is 861 g/mol. The van der Waals surface area contributed by atoms with Crippen molar-refractivity contribution in [2.45, 2.75) is 19.4 Å². The molecule has 5 amide bonds. The van der Waals surface area contributed by atoms with Gasteiger partial charge in [0.1, 0.15) is 23.1 Å². The number of phenols is 4. The summed E-state index contributed by atoms with van der Waals surface area (Å²) >= 11 is 0. The second kappa shape index (κ2) is 20.2. The standard InChI is InChI=1S/C45H40N8O13/c1-22(18-23-4-11-28(54)12-5-23)40(58)47-26-9-6-24(7-10-26)41(59)51-34(20-27-21-46-53-52-27)44(62)48-31-15-8-25(19-35(31)55)42(60)49-32-16-13-29(36(56)38(32)65-2)43(61)50-33-17-14-30(45(63)64)37(57)39(33)66-3/h4-19,21,34,54-57H,20H2,1-3H3,(H,47,58)(H,48,62)(H,49,60)(H,50,61)(H,51,59)(H,63,64)(H,46,52,53)/b22-18+/t34-/m0/s1. The molecule has 66 heavy (non-hydrogen) atoms. The van der Waals surface area contributed by atoms with Gasteiger partial charge in [0.05, 0.1) is 48.7 Å². The zero-order valence-corrected chi connectivity index (χ0v) is 35.0. The monoisotopic (exact) mass is 900 g/mol. The first-order chi connectivity index (χ1) is 31.6. The molecule has 0 aliphatic carbocycles. The van der Waals surface area contributed by atoms with Gasteiger partial charge >= 0.3 is 5.97 Å². The average molecular weight is 901 g/mol. The number of phenolic OH excluding ortho intramolecular Hbond substituents is 3. The first-order valence-corrected chi connectivity index (χ1v) is 19.4. The number of methoxy groups -OCH3 is 2. The van der Waals surface area contributed by atoms with Gasteiger partial charge in [0.25, 0.3) is 23.6 Å².